The van der Waals surface area contributed by atoms with E-state index < -0.39 is 23.5 Å². The van der Waals surface area contributed by atoms with E-state index in [2.05, 4.69) is 0 Å². The molecule has 1 atom stereocenters. The lowest BCUT2D eigenvalue weighted by Gasteiger charge is -2.26. The van der Waals surface area contributed by atoms with Gasteiger partial charge in [-0.1, -0.05) is 38.1 Å². The zero-order chi connectivity index (χ0) is 26.1. The fourth-order valence-electron chi connectivity index (χ4n) is 4.56. The summed E-state index contributed by atoms with van der Waals surface area (Å²) in [6, 6.07) is 14.5. The Labute approximate surface area is 209 Å². The highest BCUT2D eigenvalue weighted by atomic mass is 19.1. The van der Waals surface area contributed by atoms with Gasteiger partial charge in [-0.15, -0.1) is 0 Å². The fraction of sp³-hybridized carbons (Fsp3) is 0.241. The molecule has 7 heteroatoms. The van der Waals surface area contributed by atoms with E-state index >= 15 is 0 Å². The highest BCUT2D eigenvalue weighted by Gasteiger charge is 2.46. The molecule has 186 valence electrons. The number of aryl methyl sites for hydroxylation is 1. The van der Waals surface area contributed by atoms with E-state index in [0.717, 1.165) is 5.56 Å². The number of aliphatic hydroxyl groups excluding tert-OH is 1. The number of Topliss-reactive ketones (excluding diaryl/α,β-unsaturated/α-hetero) is 1. The van der Waals surface area contributed by atoms with Crippen molar-refractivity contribution in [3.63, 3.8) is 0 Å². The lowest BCUT2D eigenvalue weighted by atomic mass is 9.91. The molecule has 1 fully saturated rings. The molecule has 1 aliphatic heterocycles. The van der Waals surface area contributed by atoms with Gasteiger partial charge in [0, 0.05) is 12.1 Å². The zero-order valence-corrected chi connectivity index (χ0v) is 20.6. The molecule has 1 amide bonds. The average Bonchev–Trinajstić information content (AvgIpc) is 3.10. The van der Waals surface area contributed by atoms with E-state index in [1.165, 1.54) is 29.2 Å². The number of aliphatic hydroxyl groups is 1. The van der Waals surface area contributed by atoms with E-state index in [1.807, 2.05) is 13.8 Å². The van der Waals surface area contributed by atoms with Crippen LogP contribution in [0, 0.1) is 12.7 Å². The van der Waals surface area contributed by atoms with Gasteiger partial charge in [0.05, 0.1) is 18.7 Å². The van der Waals surface area contributed by atoms with Crippen LogP contribution in [-0.4, -0.2) is 33.9 Å². The molecule has 3 aromatic carbocycles. The number of carbonyl (C=O) groups excluding carboxylic acids is 2. The smallest absolute Gasteiger partial charge is 0.295 e. The van der Waals surface area contributed by atoms with Gasteiger partial charge in [0.1, 0.15) is 23.1 Å². The number of benzene rings is 3. The van der Waals surface area contributed by atoms with Gasteiger partial charge in [0.2, 0.25) is 0 Å². The van der Waals surface area contributed by atoms with E-state index in [4.69, 9.17) is 4.74 Å². The summed E-state index contributed by atoms with van der Waals surface area (Å²) in [6.07, 6.45) is 0. The molecule has 2 N–H and O–H groups in total. The first-order chi connectivity index (χ1) is 17.1. The summed E-state index contributed by atoms with van der Waals surface area (Å²) in [7, 11) is 1.58. The Morgan fingerprint density at radius 1 is 1.06 bits per heavy atom. The lowest BCUT2D eigenvalue weighted by molar-refractivity contribution is -0.140. The second kappa shape index (κ2) is 9.85. The second-order valence-corrected chi connectivity index (χ2v) is 9.21. The fourth-order valence-corrected chi connectivity index (χ4v) is 4.56. The third kappa shape index (κ3) is 4.56. The third-order valence-corrected chi connectivity index (χ3v) is 6.47. The number of rotatable bonds is 6. The Bertz CT molecular complexity index is 1340. The molecule has 1 saturated heterocycles. The first-order valence-electron chi connectivity index (χ1n) is 11.6. The number of likely N-dealkylation sites (tertiary alicyclic amines) is 1. The molecule has 4 rings (SSSR count). The van der Waals surface area contributed by atoms with Gasteiger partial charge in [-0.2, -0.15) is 0 Å². The third-order valence-electron chi connectivity index (χ3n) is 6.47. The molecule has 0 aliphatic carbocycles. The molecule has 0 spiro atoms. The van der Waals surface area contributed by atoms with Crippen molar-refractivity contribution in [3.8, 4) is 11.5 Å². The van der Waals surface area contributed by atoms with Crippen molar-refractivity contribution in [2.75, 3.05) is 7.11 Å². The van der Waals surface area contributed by atoms with Gasteiger partial charge in [0.25, 0.3) is 11.7 Å². The van der Waals surface area contributed by atoms with Crippen LogP contribution in [0.5, 0.6) is 11.5 Å². The maximum atomic E-state index is 13.4. The number of amides is 1. The minimum atomic E-state index is -0.903. The molecular formula is C29H28FNO5. The highest BCUT2D eigenvalue weighted by molar-refractivity contribution is 6.46. The maximum Gasteiger partial charge on any atom is 0.295 e. The molecule has 0 bridgehead atoms. The number of phenolic OH excluding ortho intramolecular Hbond substituents is 1. The normalized spacial score (nSPS) is 17.2. The number of methoxy groups -OCH3 is 1. The Morgan fingerprint density at radius 2 is 1.69 bits per heavy atom. The number of ether oxygens (including phenoxy) is 1. The molecule has 36 heavy (non-hydrogen) atoms. The lowest BCUT2D eigenvalue weighted by Crippen LogP contribution is -2.29. The van der Waals surface area contributed by atoms with Crippen LogP contribution in [0.1, 0.15) is 53.6 Å². The molecule has 0 saturated carbocycles. The van der Waals surface area contributed by atoms with Crippen LogP contribution < -0.4 is 4.74 Å². The predicted molar refractivity (Wildman–Crippen MR) is 134 cm³/mol. The minimum Gasteiger partial charge on any atom is -0.508 e. The van der Waals surface area contributed by atoms with Crippen molar-refractivity contribution >= 4 is 17.4 Å². The number of ketones is 1. The summed E-state index contributed by atoms with van der Waals surface area (Å²) in [6.45, 7) is 5.82. The van der Waals surface area contributed by atoms with Crippen LogP contribution in [0.2, 0.25) is 0 Å². The number of aromatic hydroxyl groups is 1. The molecule has 0 radical (unpaired) electrons. The van der Waals surface area contributed by atoms with Crippen LogP contribution in [0.3, 0.4) is 0 Å². The highest BCUT2D eigenvalue weighted by Crippen LogP contribution is 2.42. The van der Waals surface area contributed by atoms with E-state index in [-0.39, 0.29) is 29.5 Å². The number of phenols is 1. The van der Waals surface area contributed by atoms with Crippen LogP contribution in [0.4, 0.5) is 4.39 Å². The van der Waals surface area contributed by atoms with Crippen molar-refractivity contribution in [1.29, 1.82) is 0 Å². The molecule has 1 unspecified atom stereocenters. The number of carbonyl (C=O) groups is 2. The van der Waals surface area contributed by atoms with Crippen LogP contribution >= 0.6 is 0 Å². The van der Waals surface area contributed by atoms with E-state index in [1.54, 1.807) is 50.4 Å². The summed E-state index contributed by atoms with van der Waals surface area (Å²) in [5.41, 5.74) is 3.10. The van der Waals surface area contributed by atoms with Gasteiger partial charge in [-0.3, -0.25) is 9.59 Å². The van der Waals surface area contributed by atoms with Crippen LogP contribution in [-0.2, 0) is 16.1 Å². The van der Waals surface area contributed by atoms with Crippen LogP contribution in [0.25, 0.3) is 5.76 Å². The first-order valence-corrected chi connectivity index (χ1v) is 11.6. The molecule has 3 aromatic rings. The Hall–Kier alpha value is -4.13. The number of nitrogens with zero attached hydrogens (tertiary/aromatic N) is 1. The monoisotopic (exact) mass is 489 g/mol. The Kier molecular flexibility index (Phi) is 6.84. The number of hydrogen-bond donors (Lipinski definition) is 2. The Balaban J connectivity index is 1.90. The van der Waals surface area contributed by atoms with E-state index in [9.17, 15) is 24.2 Å². The summed E-state index contributed by atoms with van der Waals surface area (Å²) in [4.78, 5) is 27.9. The second-order valence-electron chi connectivity index (χ2n) is 9.21. The van der Waals surface area contributed by atoms with Gasteiger partial charge >= 0.3 is 0 Å². The van der Waals surface area contributed by atoms with Gasteiger partial charge in [-0.25, -0.2) is 4.39 Å². The van der Waals surface area contributed by atoms with Crippen molar-refractivity contribution in [3.05, 3.63) is 99.9 Å². The van der Waals surface area contributed by atoms with Crippen molar-refractivity contribution in [2.24, 2.45) is 0 Å². The predicted octanol–water partition coefficient (Wildman–Crippen LogP) is 5.59. The largest absolute Gasteiger partial charge is 0.508 e. The molecule has 1 aliphatic rings. The maximum absolute atomic E-state index is 13.4. The van der Waals surface area contributed by atoms with Crippen molar-refractivity contribution in [2.45, 2.75) is 39.3 Å². The molecule has 1 heterocycles. The average molecular weight is 490 g/mol. The first kappa shape index (κ1) is 25.0. The molecule has 6 nitrogen and oxygen atoms in total. The van der Waals surface area contributed by atoms with E-state index in [0.29, 0.717) is 28.0 Å². The minimum absolute atomic E-state index is 0.0295. The Morgan fingerprint density at radius 3 is 2.28 bits per heavy atom. The van der Waals surface area contributed by atoms with Gasteiger partial charge in [-0.05, 0) is 71.5 Å². The topological polar surface area (TPSA) is 87.1 Å². The summed E-state index contributed by atoms with van der Waals surface area (Å²) < 4.78 is 18.9. The van der Waals surface area contributed by atoms with Gasteiger partial charge in [0.15, 0.2) is 0 Å². The van der Waals surface area contributed by atoms with Crippen molar-refractivity contribution in [1.82, 2.24) is 4.90 Å². The number of halogens is 1. The molecular weight excluding hydrogens is 461 g/mol. The standard InChI is InChI=1S/C29H28FNO5/c1-16(2)22-14-23(17(3)13-24(22)36-4)27(33)25-26(19-7-11-21(32)12-8-19)31(29(35)28(25)34)15-18-5-9-20(30)10-6-18/h5-14,16,26,32-33H,15H2,1-4H3/b27-25+. The SMILES string of the molecule is COc1cc(C)c(/C(O)=C2\C(=O)C(=O)N(Cc3ccc(F)cc3)C2c2ccc(O)cc2)cc1C(C)C. The number of hydrogen-bond acceptors (Lipinski definition) is 5. The van der Waals surface area contributed by atoms with Crippen LogP contribution in [0.15, 0.2) is 66.2 Å². The van der Waals surface area contributed by atoms with Gasteiger partial charge < -0.3 is 19.8 Å². The zero-order valence-electron chi connectivity index (χ0n) is 20.6. The quantitative estimate of drug-likeness (QED) is 0.268. The van der Waals surface area contributed by atoms with Crippen molar-refractivity contribution < 1.29 is 28.9 Å². The summed E-state index contributed by atoms with van der Waals surface area (Å²) in [5, 5.41) is 21.3. The summed E-state index contributed by atoms with van der Waals surface area (Å²) >= 11 is 0. The molecule has 0 aromatic heterocycles. The summed E-state index contributed by atoms with van der Waals surface area (Å²) in [5.74, 6) is -1.49.